The Morgan fingerprint density at radius 1 is 1.38 bits per heavy atom. The standard InChI is InChI=1S/C18H20N4O3S/c1-3-25-9-8-22-15-7-5-4-6-14(15)17(18(22)24)21-20-16(23)10-13-11-26-12(2)19-13/h4-7,11,24H,3,8-10H2,1-2H3. The van der Waals surface area contributed by atoms with Gasteiger partial charge in [-0.25, -0.2) is 4.98 Å². The van der Waals surface area contributed by atoms with Crippen LogP contribution in [0, 0.1) is 6.92 Å². The van der Waals surface area contributed by atoms with Crippen LogP contribution < -0.4 is 0 Å². The van der Waals surface area contributed by atoms with Gasteiger partial charge in [0.25, 0.3) is 5.91 Å². The summed E-state index contributed by atoms with van der Waals surface area (Å²) in [6.45, 7) is 5.37. The van der Waals surface area contributed by atoms with E-state index in [4.69, 9.17) is 4.74 Å². The van der Waals surface area contributed by atoms with Crippen molar-refractivity contribution >= 4 is 33.8 Å². The molecule has 0 unspecified atom stereocenters. The van der Waals surface area contributed by atoms with Gasteiger partial charge in [-0.1, -0.05) is 18.2 Å². The third-order valence-electron chi connectivity index (χ3n) is 3.84. The van der Waals surface area contributed by atoms with E-state index >= 15 is 0 Å². The summed E-state index contributed by atoms with van der Waals surface area (Å²) in [5.41, 5.74) is 1.79. The minimum Gasteiger partial charge on any atom is -0.493 e. The van der Waals surface area contributed by atoms with Crippen LogP contribution in [-0.4, -0.2) is 33.8 Å². The van der Waals surface area contributed by atoms with Crippen LogP contribution in [0.5, 0.6) is 5.88 Å². The highest BCUT2D eigenvalue weighted by Gasteiger charge is 2.16. The Morgan fingerprint density at radius 2 is 2.19 bits per heavy atom. The lowest BCUT2D eigenvalue weighted by Gasteiger charge is -2.06. The van der Waals surface area contributed by atoms with Crippen molar-refractivity contribution < 1.29 is 14.6 Å². The van der Waals surface area contributed by atoms with E-state index in [1.807, 2.05) is 43.5 Å². The molecule has 3 rings (SSSR count). The summed E-state index contributed by atoms with van der Waals surface area (Å²) >= 11 is 1.49. The molecule has 26 heavy (non-hydrogen) atoms. The topological polar surface area (TPSA) is 89.1 Å². The van der Waals surface area contributed by atoms with E-state index in [1.54, 1.807) is 4.57 Å². The van der Waals surface area contributed by atoms with Crippen LogP contribution in [0.2, 0.25) is 0 Å². The average molecular weight is 372 g/mol. The molecule has 7 nitrogen and oxygen atoms in total. The first kappa shape index (κ1) is 18.2. The number of nitrogens with zero attached hydrogens (tertiary/aromatic N) is 4. The highest BCUT2D eigenvalue weighted by atomic mass is 32.1. The molecule has 1 N–H and O–H groups in total. The largest absolute Gasteiger partial charge is 0.493 e. The van der Waals surface area contributed by atoms with E-state index in [2.05, 4.69) is 15.2 Å². The Hall–Kier alpha value is -2.58. The summed E-state index contributed by atoms with van der Waals surface area (Å²) in [4.78, 5) is 16.3. The fourth-order valence-electron chi connectivity index (χ4n) is 2.68. The fourth-order valence-corrected chi connectivity index (χ4v) is 3.29. The Kier molecular flexibility index (Phi) is 5.75. The van der Waals surface area contributed by atoms with Gasteiger partial charge in [-0.15, -0.1) is 21.6 Å². The van der Waals surface area contributed by atoms with Crippen molar-refractivity contribution in [3.8, 4) is 5.88 Å². The maximum Gasteiger partial charge on any atom is 0.270 e. The number of rotatable bonds is 7. The zero-order chi connectivity index (χ0) is 18.5. The molecule has 0 atom stereocenters. The summed E-state index contributed by atoms with van der Waals surface area (Å²) in [6, 6.07) is 7.47. The Labute approximate surface area is 155 Å². The fraction of sp³-hybridized carbons (Fsp3) is 0.333. The average Bonchev–Trinajstić information content (AvgIpc) is 3.15. The van der Waals surface area contributed by atoms with E-state index in [1.165, 1.54) is 11.3 Å². The molecular weight excluding hydrogens is 352 g/mol. The second kappa shape index (κ2) is 8.20. The van der Waals surface area contributed by atoms with Gasteiger partial charge in [0.2, 0.25) is 5.88 Å². The lowest BCUT2D eigenvalue weighted by atomic mass is 10.2. The number of para-hydroxylation sites is 1. The number of fused-ring (bicyclic) bond motifs is 1. The third-order valence-corrected chi connectivity index (χ3v) is 4.66. The predicted octanol–water partition coefficient (Wildman–Crippen LogP) is 4.00. The highest BCUT2D eigenvalue weighted by molar-refractivity contribution is 7.09. The normalized spacial score (nSPS) is 11.6. The summed E-state index contributed by atoms with van der Waals surface area (Å²) in [5, 5.41) is 21.8. The Balaban J connectivity index is 1.84. The van der Waals surface area contributed by atoms with Crippen molar-refractivity contribution in [2.24, 2.45) is 10.2 Å². The van der Waals surface area contributed by atoms with E-state index in [0.717, 1.165) is 15.9 Å². The van der Waals surface area contributed by atoms with Gasteiger partial charge >= 0.3 is 0 Å². The third kappa shape index (κ3) is 3.97. The zero-order valence-electron chi connectivity index (χ0n) is 14.7. The molecular formula is C18H20N4O3S. The molecule has 2 aromatic heterocycles. The molecule has 0 saturated carbocycles. The van der Waals surface area contributed by atoms with Gasteiger partial charge in [0.15, 0.2) is 5.69 Å². The molecule has 2 heterocycles. The number of aromatic hydroxyl groups is 1. The summed E-state index contributed by atoms with van der Waals surface area (Å²) in [5.74, 6) is -0.423. The lowest BCUT2D eigenvalue weighted by molar-refractivity contribution is -0.117. The highest BCUT2D eigenvalue weighted by Crippen LogP contribution is 2.38. The first-order valence-corrected chi connectivity index (χ1v) is 9.21. The number of aromatic nitrogens is 2. The number of benzene rings is 1. The van der Waals surface area contributed by atoms with E-state index < -0.39 is 5.91 Å². The van der Waals surface area contributed by atoms with Crippen LogP contribution in [0.25, 0.3) is 10.9 Å². The molecule has 3 aromatic rings. The van der Waals surface area contributed by atoms with Gasteiger partial charge in [0.05, 0.1) is 29.2 Å². The first-order chi connectivity index (χ1) is 12.6. The molecule has 1 aromatic carbocycles. The van der Waals surface area contributed by atoms with E-state index in [9.17, 15) is 9.90 Å². The number of azo groups is 1. The van der Waals surface area contributed by atoms with Crippen LogP contribution in [0.4, 0.5) is 5.69 Å². The molecule has 0 fully saturated rings. The molecule has 0 aliphatic rings. The number of hydrogen-bond acceptors (Lipinski definition) is 6. The zero-order valence-corrected chi connectivity index (χ0v) is 15.5. The van der Waals surface area contributed by atoms with Crippen LogP contribution in [0.15, 0.2) is 39.9 Å². The van der Waals surface area contributed by atoms with E-state index in [-0.39, 0.29) is 12.3 Å². The number of ether oxygens (including phenoxy) is 1. The second-order valence-corrected chi connectivity index (χ2v) is 6.73. The summed E-state index contributed by atoms with van der Waals surface area (Å²) in [6.07, 6.45) is 0.0948. The van der Waals surface area contributed by atoms with Crippen molar-refractivity contribution in [3.05, 3.63) is 40.3 Å². The Bertz CT molecular complexity index is 945. The maximum absolute atomic E-state index is 12.1. The summed E-state index contributed by atoms with van der Waals surface area (Å²) < 4.78 is 7.09. The van der Waals surface area contributed by atoms with Crippen molar-refractivity contribution in [2.75, 3.05) is 13.2 Å². The summed E-state index contributed by atoms with van der Waals surface area (Å²) in [7, 11) is 0. The van der Waals surface area contributed by atoms with Crippen molar-refractivity contribution in [2.45, 2.75) is 26.8 Å². The molecule has 0 spiro atoms. The van der Waals surface area contributed by atoms with Gasteiger partial charge in [-0.2, -0.15) is 0 Å². The minimum atomic E-state index is -0.402. The second-order valence-electron chi connectivity index (χ2n) is 5.67. The van der Waals surface area contributed by atoms with Crippen LogP contribution in [-0.2, 0) is 22.5 Å². The molecule has 0 aliphatic heterocycles. The number of amides is 1. The quantitative estimate of drug-likeness (QED) is 0.501. The SMILES string of the molecule is CCOCCn1c(O)c(N=NC(=O)Cc2csc(C)n2)c2ccccc21. The monoisotopic (exact) mass is 372 g/mol. The molecule has 0 aliphatic carbocycles. The smallest absolute Gasteiger partial charge is 0.270 e. The molecule has 8 heteroatoms. The van der Waals surface area contributed by atoms with E-state index in [0.29, 0.717) is 31.1 Å². The Morgan fingerprint density at radius 3 is 2.92 bits per heavy atom. The number of carbonyl (C=O) groups excluding carboxylic acids is 1. The first-order valence-electron chi connectivity index (χ1n) is 8.33. The van der Waals surface area contributed by atoms with Gasteiger partial charge in [-0.05, 0) is 19.9 Å². The van der Waals surface area contributed by atoms with Crippen LogP contribution in [0.3, 0.4) is 0 Å². The van der Waals surface area contributed by atoms with Crippen molar-refractivity contribution in [1.82, 2.24) is 9.55 Å². The lowest BCUT2D eigenvalue weighted by Crippen LogP contribution is -2.05. The van der Waals surface area contributed by atoms with Gasteiger partial charge < -0.3 is 14.4 Å². The minimum absolute atomic E-state index is 0.0213. The molecule has 0 radical (unpaired) electrons. The maximum atomic E-state index is 12.1. The number of aryl methyl sites for hydroxylation is 1. The molecule has 136 valence electrons. The number of thiazole rings is 1. The number of hydrogen-bond donors (Lipinski definition) is 1. The van der Waals surface area contributed by atoms with Gasteiger partial charge in [-0.3, -0.25) is 4.79 Å². The molecule has 1 amide bonds. The van der Waals surface area contributed by atoms with Crippen LogP contribution >= 0.6 is 11.3 Å². The molecule has 0 saturated heterocycles. The van der Waals surface area contributed by atoms with Crippen molar-refractivity contribution in [1.29, 1.82) is 0 Å². The van der Waals surface area contributed by atoms with Crippen LogP contribution in [0.1, 0.15) is 17.6 Å². The van der Waals surface area contributed by atoms with Gasteiger partial charge in [0, 0.05) is 23.9 Å². The van der Waals surface area contributed by atoms with Crippen molar-refractivity contribution in [3.63, 3.8) is 0 Å². The molecule has 0 bridgehead atoms. The predicted molar refractivity (Wildman–Crippen MR) is 100 cm³/mol. The van der Waals surface area contributed by atoms with Gasteiger partial charge in [0.1, 0.15) is 0 Å². The number of carbonyl (C=O) groups is 1.